The molecular formula is C38H56B2N2O9. The molecule has 1 heterocycles. The van der Waals surface area contributed by atoms with Crippen molar-refractivity contribution in [3.63, 3.8) is 0 Å². The first-order valence-electron chi connectivity index (χ1n) is 17.6. The van der Waals surface area contributed by atoms with Gasteiger partial charge in [-0.3, -0.25) is 0 Å². The van der Waals surface area contributed by atoms with Crippen LogP contribution < -0.4 is 14.7 Å². The van der Waals surface area contributed by atoms with Crippen molar-refractivity contribution >= 4 is 14.0 Å². The molecule has 0 saturated carbocycles. The van der Waals surface area contributed by atoms with E-state index in [1.165, 1.54) is 26.1 Å². The van der Waals surface area contributed by atoms with Crippen LogP contribution in [-0.4, -0.2) is 96.7 Å². The Morgan fingerprint density at radius 3 is 1.82 bits per heavy atom. The van der Waals surface area contributed by atoms with Gasteiger partial charge in [-0.2, -0.15) is 5.26 Å². The summed E-state index contributed by atoms with van der Waals surface area (Å²) in [6.07, 6.45) is 6.46. The molecule has 4 atom stereocenters. The van der Waals surface area contributed by atoms with Gasteiger partial charge in [-0.25, -0.2) is 0 Å². The van der Waals surface area contributed by atoms with Gasteiger partial charge in [0.05, 0.1) is 31.4 Å². The highest BCUT2D eigenvalue weighted by molar-refractivity contribution is 6.58. The summed E-state index contributed by atoms with van der Waals surface area (Å²) in [5.74, 6) is 12.6. The molecule has 1 saturated heterocycles. The van der Waals surface area contributed by atoms with Gasteiger partial charge in [-0.1, -0.05) is 63.2 Å². The third kappa shape index (κ3) is 17.9. The first kappa shape index (κ1) is 45.3. The highest BCUT2D eigenvalue weighted by Gasteiger charge is 2.53. The number of aliphatic hydroxyl groups is 4. The second kappa shape index (κ2) is 26.1. The summed E-state index contributed by atoms with van der Waals surface area (Å²) < 4.78 is 22.0. The summed E-state index contributed by atoms with van der Waals surface area (Å²) in [5.41, 5.74) is 0.916. The number of benzene rings is 2. The highest BCUT2D eigenvalue weighted by atomic mass is 16.5. The molecule has 11 nitrogen and oxygen atoms in total. The van der Waals surface area contributed by atoms with Crippen molar-refractivity contribution in [1.29, 1.82) is 5.26 Å². The predicted octanol–water partition coefficient (Wildman–Crippen LogP) is 3.81. The van der Waals surface area contributed by atoms with E-state index in [4.69, 9.17) is 29.2 Å². The normalized spacial score (nSPS) is 15.7. The predicted molar refractivity (Wildman–Crippen MR) is 201 cm³/mol. The van der Waals surface area contributed by atoms with E-state index in [2.05, 4.69) is 42.8 Å². The zero-order valence-electron chi connectivity index (χ0n) is 31.0. The van der Waals surface area contributed by atoms with Crippen LogP contribution in [0.1, 0.15) is 77.3 Å². The van der Waals surface area contributed by atoms with Gasteiger partial charge >= 0.3 is 14.0 Å². The fourth-order valence-electron chi connectivity index (χ4n) is 4.97. The van der Waals surface area contributed by atoms with Crippen LogP contribution in [0.3, 0.4) is 0 Å². The van der Waals surface area contributed by atoms with E-state index in [0.29, 0.717) is 13.2 Å². The Bertz CT molecular complexity index is 1380. The summed E-state index contributed by atoms with van der Waals surface area (Å²) >= 11 is 0. The number of unbranched alkanes of at least 4 members (excludes halogenated alkanes) is 4. The first-order valence-corrected chi connectivity index (χ1v) is 17.6. The van der Waals surface area contributed by atoms with E-state index in [1.807, 2.05) is 62.4 Å². The minimum atomic E-state index is -1.07. The Balaban J connectivity index is 0.000000490. The Hall–Kier alpha value is -3.70. The number of nitriles is 1. The quantitative estimate of drug-likeness (QED) is 0.0649. The molecule has 6 N–H and O–H groups in total. The molecule has 1 aliphatic heterocycles. The molecule has 1 aliphatic rings. The molecule has 0 amide bonds. The van der Waals surface area contributed by atoms with Gasteiger partial charge in [0.25, 0.3) is 6.26 Å². The molecule has 13 heteroatoms. The second-order valence-electron chi connectivity index (χ2n) is 12.4. The van der Waals surface area contributed by atoms with Crippen molar-refractivity contribution in [2.45, 2.75) is 103 Å². The highest BCUT2D eigenvalue weighted by Crippen LogP contribution is 2.35. The van der Waals surface area contributed by atoms with Gasteiger partial charge in [-0.05, 0) is 82.0 Å². The van der Waals surface area contributed by atoms with Crippen LogP contribution in [0.4, 0.5) is 0 Å². The van der Waals surface area contributed by atoms with Gasteiger partial charge in [0.2, 0.25) is 0 Å². The van der Waals surface area contributed by atoms with Crippen LogP contribution in [-0.2, 0) is 9.39 Å². The summed E-state index contributed by atoms with van der Waals surface area (Å²) in [6.45, 7) is 10.4. The molecule has 278 valence electrons. The lowest BCUT2D eigenvalue weighted by molar-refractivity contribution is 0.0548. The van der Waals surface area contributed by atoms with Crippen LogP contribution in [0.15, 0.2) is 48.5 Å². The number of nitrogens with one attached hydrogen (secondary N) is 1. The average molecular weight is 706 g/mol. The van der Waals surface area contributed by atoms with Crippen LogP contribution in [0.5, 0.6) is 11.5 Å². The van der Waals surface area contributed by atoms with Crippen molar-refractivity contribution in [3.8, 4) is 41.4 Å². The number of hydrogen-bond acceptors (Lipinski definition) is 11. The summed E-state index contributed by atoms with van der Waals surface area (Å²) in [5, 5.41) is 57.2. The van der Waals surface area contributed by atoms with Crippen molar-refractivity contribution in [1.82, 2.24) is 5.23 Å². The molecule has 2 unspecified atom stereocenters. The summed E-state index contributed by atoms with van der Waals surface area (Å²) in [6, 6.07) is 14.1. The van der Waals surface area contributed by atoms with Crippen molar-refractivity contribution in [3.05, 3.63) is 59.7 Å². The SMILES string of the molecule is CCCCCOc1ccc(C#C[C@H](O)C(CO)NB(C)O)cc1.CCCCCOc1ccc(C#C[C@H](O)C2COC(C)(C)B2OC#N)cc1.CO. The topological polar surface area (TPSA) is 174 Å². The fourth-order valence-corrected chi connectivity index (χ4v) is 4.97. The Morgan fingerprint density at radius 2 is 1.39 bits per heavy atom. The smallest absolute Gasteiger partial charge is 0.414 e. The van der Waals surface area contributed by atoms with E-state index in [0.717, 1.165) is 55.6 Å². The Labute approximate surface area is 305 Å². The van der Waals surface area contributed by atoms with Crippen LogP contribution in [0.2, 0.25) is 12.6 Å². The fraction of sp³-hybridized carbons (Fsp3) is 0.553. The summed E-state index contributed by atoms with van der Waals surface area (Å²) in [4.78, 5) is 0. The summed E-state index contributed by atoms with van der Waals surface area (Å²) in [7, 11) is 0.174. The Morgan fingerprint density at radius 1 is 0.902 bits per heavy atom. The van der Waals surface area contributed by atoms with Gasteiger partial charge in [-0.15, -0.1) is 0 Å². The van der Waals surface area contributed by atoms with Crippen LogP contribution in [0.25, 0.3) is 0 Å². The molecule has 3 rings (SSSR count). The van der Waals surface area contributed by atoms with Gasteiger partial charge < -0.3 is 49.5 Å². The van der Waals surface area contributed by atoms with Gasteiger partial charge in [0.1, 0.15) is 23.7 Å². The number of rotatable bonds is 16. The first-order chi connectivity index (χ1) is 24.5. The van der Waals surface area contributed by atoms with E-state index >= 15 is 0 Å². The molecule has 0 spiro atoms. The maximum atomic E-state index is 10.4. The van der Waals surface area contributed by atoms with Crippen LogP contribution >= 0.6 is 0 Å². The second-order valence-corrected chi connectivity index (χ2v) is 12.4. The molecule has 0 bridgehead atoms. The average Bonchev–Trinajstić information content (AvgIpc) is 3.44. The maximum Gasteiger partial charge on any atom is 0.414 e. The van der Waals surface area contributed by atoms with Crippen LogP contribution in [0, 0.1) is 35.2 Å². The molecule has 0 aromatic heterocycles. The monoisotopic (exact) mass is 706 g/mol. The number of nitrogens with zero attached hydrogens (tertiary/aromatic N) is 1. The van der Waals surface area contributed by atoms with Gasteiger partial charge in [0, 0.05) is 30.7 Å². The van der Waals surface area contributed by atoms with E-state index in [9.17, 15) is 20.3 Å². The maximum absolute atomic E-state index is 10.4. The minimum Gasteiger partial charge on any atom is -0.494 e. The zero-order chi connectivity index (χ0) is 38.1. The lowest BCUT2D eigenvalue weighted by Gasteiger charge is -2.22. The van der Waals surface area contributed by atoms with Gasteiger partial charge in [0.15, 0.2) is 0 Å². The molecule has 51 heavy (non-hydrogen) atoms. The van der Waals surface area contributed by atoms with Crippen molar-refractivity contribution in [2.24, 2.45) is 0 Å². The molecule has 0 radical (unpaired) electrons. The zero-order valence-corrected chi connectivity index (χ0v) is 31.0. The molecule has 2 aromatic carbocycles. The standard InChI is InChI=1S/C20H26BNO4.C17H26BNO4.CH4O/c1-4-5-6-13-24-17-10-7-16(8-11-17)9-12-19(23)18-14-25-20(2,3)21(18)26-15-22;1-3-4-5-12-23-15-9-6-14(7-10-15)8-11-17(21)16(13-20)19-18(2)22;1-2/h7-8,10-11,18-19,23H,4-6,13-14H2,1-3H3;6-7,9-10,16-17,19-22H,3-5,12-13H2,1-2H3;2H,1H3/t18?,19-;16?,17-;/m00./s1. The molecule has 2 aromatic rings. The third-order valence-electron chi connectivity index (χ3n) is 7.81. The van der Waals surface area contributed by atoms with E-state index < -0.39 is 37.7 Å². The largest absolute Gasteiger partial charge is 0.494 e. The van der Waals surface area contributed by atoms with E-state index in [1.54, 1.807) is 6.26 Å². The lowest BCUT2D eigenvalue weighted by atomic mass is 9.46. The molecular weight excluding hydrogens is 650 g/mol. The lowest BCUT2D eigenvalue weighted by Crippen LogP contribution is -2.48. The number of hydrogen-bond donors (Lipinski definition) is 6. The number of ether oxygens (including phenoxy) is 3. The molecule has 1 fully saturated rings. The molecule has 0 aliphatic carbocycles. The Kier molecular flexibility index (Phi) is 23.2. The van der Waals surface area contributed by atoms with E-state index in [-0.39, 0.29) is 12.4 Å². The van der Waals surface area contributed by atoms with Crippen molar-refractivity contribution < 1.29 is 44.3 Å². The third-order valence-corrected chi connectivity index (χ3v) is 7.81. The number of aliphatic hydroxyl groups excluding tert-OH is 4. The minimum absolute atomic E-state index is 0.305. The van der Waals surface area contributed by atoms with Crippen molar-refractivity contribution in [2.75, 3.05) is 33.5 Å².